The highest BCUT2D eigenvalue weighted by molar-refractivity contribution is 6.00. The zero-order chi connectivity index (χ0) is 19.8. The van der Waals surface area contributed by atoms with Gasteiger partial charge in [0.2, 0.25) is 11.6 Å². The molecule has 2 N–H and O–H groups in total. The average molecular weight is 376 g/mol. The normalized spacial score (nSPS) is 47.9. The standard InChI is InChI=1S/C20H24O7/c1-5-10(2)20(24)19(4)16-13(25-17(19)23)6-11(9-21)12-7-15(22)18(3,26-12)8-14(16)27-20/h5-7,13-14,16,21,24H,8-9H2,1-4H3/b10-5-,11-6-/t13-,14-,16-,18+,19+,20+/m0/s1. The summed E-state index contributed by atoms with van der Waals surface area (Å²) in [6, 6.07) is 0. The molecule has 2 fully saturated rings. The summed E-state index contributed by atoms with van der Waals surface area (Å²) < 4.78 is 17.6. The largest absolute Gasteiger partial charge is 0.479 e. The van der Waals surface area contributed by atoms with E-state index < -0.39 is 40.9 Å². The highest BCUT2D eigenvalue weighted by atomic mass is 16.7. The molecular formula is C20H24O7. The number of rotatable bonds is 2. The van der Waals surface area contributed by atoms with Gasteiger partial charge in [-0.05, 0) is 39.3 Å². The third kappa shape index (κ3) is 2.13. The topological polar surface area (TPSA) is 102 Å². The van der Waals surface area contributed by atoms with E-state index in [9.17, 15) is 19.8 Å². The van der Waals surface area contributed by atoms with Gasteiger partial charge in [-0.15, -0.1) is 0 Å². The third-order valence-electron chi connectivity index (χ3n) is 6.64. The molecule has 0 aromatic rings. The molecule has 0 spiro atoms. The second kappa shape index (κ2) is 5.53. The molecule has 6 atom stereocenters. The van der Waals surface area contributed by atoms with Crippen LogP contribution in [0.2, 0.25) is 0 Å². The van der Waals surface area contributed by atoms with Crippen LogP contribution in [-0.4, -0.2) is 52.2 Å². The van der Waals surface area contributed by atoms with Gasteiger partial charge < -0.3 is 24.4 Å². The van der Waals surface area contributed by atoms with Crippen molar-refractivity contribution in [2.45, 2.75) is 57.7 Å². The molecule has 4 rings (SSSR count). The Bertz CT molecular complexity index is 824. The number of carbonyl (C=O) groups excluding carboxylic acids is 2. The Kier molecular flexibility index (Phi) is 3.77. The fourth-order valence-electron chi connectivity index (χ4n) is 4.84. The van der Waals surface area contributed by atoms with Crippen molar-refractivity contribution >= 4 is 11.8 Å². The molecular weight excluding hydrogens is 352 g/mol. The summed E-state index contributed by atoms with van der Waals surface area (Å²) in [5, 5.41) is 21.2. The summed E-state index contributed by atoms with van der Waals surface area (Å²) >= 11 is 0. The van der Waals surface area contributed by atoms with Crippen LogP contribution >= 0.6 is 0 Å². The van der Waals surface area contributed by atoms with Gasteiger partial charge in [-0.25, -0.2) is 0 Å². The van der Waals surface area contributed by atoms with Gasteiger partial charge in [-0.1, -0.05) is 6.08 Å². The van der Waals surface area contributed by atoms with Gasteiger partial charge >= 0.3 is 5.97 Å². The Morgan fingerprint density at radius 1 is 1.37 bits per heavy atom. The van der Waals surface area contributed by atoms with E-state index in [4.69, 9.17) is 14.2 Å². The van der Waals surface area contributed by atoms with Crippen LogP contribution in [0.15, 0.2) is 35.1 Å². The molecule has 27 heavy (non-hydrogen) atoms. The number of allylic oxidation sites excluding steroid dienone is 1. The highest BCUT2D eigenvalue weighted by Gasteiger charge is 2.74. The Labute approximate surface area is 157 Å². The van der Waals surface area contributed by atoms with Crippen molar-refractivity contribution in [2.24, 2.45) is 11.3 Å². The van der Waals surface area contributed by atoms with Crippen LogP contribution in [0.4, 0.5) is 0 Å². The van der Waals surface area contributed by atoms with Crippen molar-refractivity contribution in [2.75, 3.05) is 6.61 Å². The van der Waals surface area contributed by atoms with Crippen LogP contribution in [0.3, 0.4) is 0 Å². The molecule has 4 aliphatic heterocycles. The third-order valence-corrected chi connectivity index (χ3v) is 6.64. The smallest absolute Gasteiger partial charge is 0.318 e. The van der Waals surface area contributed by atoms with Crippen LogP contribution < -0.4 is 0 Å². The first-order valence-electron chi connectivity index (χ1n) is 9.12. The van der Waals surface area contributed by atoms with Crippen molar-refractivity contribution in [1.29, 1.82) is 0 Å². The van der Waals surface area contributed by atoms with Gasteiger partial charge in [0.25, 0.3) is 0 Å². The maximum Gasteiger partial charge on any atom is 0.318 e. The first-order valence-corrected chi connectivity index (χ1v) is 9.12. The molecule has 0 amide bonds. The molecule has 0 saturated carbocycles. The van der Waals surface area contributed by atoms with E-state index in [1.54, 1.807) is 39.8 Å². The fourth-order valence-corrected chi connectivity index (χ4v) is 4.84. The summed E-state index contributed by atoms with van der Waals surface area (Å²) in [6.07, 6.45) is 3.47. The number of fused-ring (bicyclic) bond motifs is 2. The number of ether oxygens (including phenoxy) is 3. The molecule has 0 aromatic heterocycles. The minimum absolute atomic E-state index is 0.158. The van der Waals surface area contributed by atoms with Gasteiger partial charge in [0, 0.05) is 24.0 Å². The van der Waals surface area contributed by atoms with Crippen molar-refractivity contribution < 1.29 is 34.0 Å². The van der Waals surface area contributed by atoms with Crippen LogP contribution in [0.1, 0.15) is 34.1 Å². The van der Waals surface area contributed by atoms with Gasteiger partial charge in [0.15, 0.2) is 5.60 Å². The summed E-state index contributed by atoms with van der Waals surface area (Å²) in [5.74, 6) is -2.88. The van der Waals surface area contributed by atoms with Crippen LogP contribution in [0.5, 0.6) is 0 Å². The van der Waals surface area contributed by atoms with Crippen LogP contribution in [-0.2, 0) is 23.8 Å². The second-order valence-electron chi connectivity index (χ2n) is 8.13. The summed E-state index contributed by atoms with van der Waals surface area (Å²) in [7, 11) is 0. The molecule has 4 aliphatic rings. The number of hydrogen-bond donors (Lipinski definition) is 2. The summed E-state index contributed by atoms with van der Waals surface area (Å²) in [6.45, 7) is 6.39. The van der Waals surface area contributed by atoms with E-state index >= 15 is 0 Å². The quantitative estimate of drug-likeness (QED) is 0.551. The number of carbonyl (C=O) groups is 2. The van der Waals surface area contributed by atoms with Crippen molar-refractivity contribution in [1.82, 2.24) is 0 Å². The molecule has 2 saturated heterocycles. The molecule has 146 valence electrons. The van der Waals surface area contributed by atoms with E-state index in [1.807, 2.05) is 0 Å². The van der Waals surface area contributed by atoms with Crippen molar-refractivity contribution in [3.05, 3.63) is 35.1 Å². The van der Waals surface area contributed by atoms with Gasteiger partial charge in [0.05, 0.1) is 12.7 Å². The van der Waals surface area contributed by atoms with Crippen LogP contribution in [0, 0.1) is 11.3 Å². The molecule has 7 nitrogen and oxygen atoms in total. The molecule has 0 unspecified atom stereocenters. The van der Waals surface area contributed by atoms with E-state index in [0.29, 0.717) is 11.1 Å². The van der Waals surface area contributed by atoms with Crippen molar-refractivity contribution in [3.63, 3.8) is 0 Å². The number of aliphatic hydroxyl groups excluding tert-OH is 1. The van der Waals surface area contributed by atoms with Crippen molar-refractivity contribution in [3.8, 4) is 0 Å². The van der Waals surface area contributed by atoms with E-state index in [2.05, 4.69) is 0 Å². The number of aliphatic hydroxyl groups is 2. The molecule has 2 bridgehead atoms. The number of hydrogen-bond acceptors (Lipinski definition) is 7. The SMILES string of the molecule is C/C=C(/C)[C@@]1(O)O[C@H]2C[C@@]3(C)OC(=CC3=O)/C(CO)=C\[C@@H]3OC(=O)[C@@]1(C)[C@@H]32. The minimum atomic E-state index is -1.84. The van der Waals surface area contributed by atoms with E-state index in [-0.39, 0.29) is 24.6 Å². The second-order valence-corrected chi connectivity index (χ2v) is 8.13. The number of ketones is 1. The fraction of sp³-hybridized carbons (Fsp3) is 0.600. The Morgan fingerprint density at radius 2 is 2.07 bits per heavy atom. The van der Waals surface area contributed by atoms with Gasteiger partial charge in [0.1, 0.15) is 17.3 Å². The maximum absolute atomic E-state index is 12.9. The zero-order valence-corrected chi connectivity index (χ0v) is 15.8. The minimum Gasteiger partial charge on any atom is -0.479 e. The first-order chi connectivity index (χ1) is 12.6. The number of esters is 1. The summed E-state index contributed by atoms with van der Waals surface area (Å²) in [5.41, 5.74) is -1.65. The molecule has 0 aromatic carbocycles. The lowest BCUT2D eigenvalue weighted by Gasteiger charge is -2.35. The Balaban J connectivity index is 1.91. The maximum atomic E-state index is 12.9. The lowest BCUT2D eigenvalue weighted by Crippen LogP contribution is -2.49. The summed E-state index contributed by atoms with van der Waals surface area (Å²) in [4.78, 5) is 25.5. The van der Waals surface area contributed by atoms with Gasteiger partial charge in [-0.2, -0.15) is 0 Å². The molecule has 4 heterocycles. The Hall–Kier alpha value is -1.96. The first kappa shape index (κ1) is 18.4. The Morgan fingerprint density at radius 3 is 2.70 bits per heavy atom. The average Bonchev–Trinajstić information content (AvgIpc) is 3.14. The predicted molar refractivity (Wildman–Crippen MR) is 93.1 cm³/mol. The zero-order valence-electron chi connectivity index (χ0n) is 15.8. The molecule has 0 radical (unpaired) electrons. The van der Waals surface area contributed by atoms with Crippen LogP contribution in [0.25, 0.3) is 0 Å². The predicted octanol–water partition coefficient (Wildman–Crippen LogP) is 1.15. The van der Waals surface area contributed by atoms with Gasteiger partial charge in [-0.3, -0.25) is 9.59 Å². The monoisotopic (exact) mass is 376 g/mol. The highest BCUT2D eigenvalue weighted by Crippen LogP contribution is 2.60. The molecule has 0 aliphatic carbocycles. The lowest BCUT2D eigenvalue weighted by atomic mass is 9.67. The lowest BCUT2D eigenvalue weighted by molar-refractivity contribution is -0.220. The van der Waals surface area contributed by atoms with E-state index in [1.165, 1.54) is 6.08 Å². The molecule has 7 heteroatoms. The van der Waals surface area contributed by atoms with E-state index in [0.717, 1.165) is 0 Å².